The second-order valence-corrected chi connectivity index (χ2v) is 7.08. The Morgan fingerprint density at radius 2 is 1.96 bits per heavy atom. The van der Waals surface area contributed by atoms with E-state index >= 15 is 0 Å². The van der Waals surface area contributed by atoms with Gasteiger partial charge in [-0.15, -0.1) is 0 Å². The molecule has 0 aliphatic carbocycles. The molecule has 0 aromatic carbocycles. The minimum atomic E-state index is -0.265. The number of aromatic nitrogens is 3. The third-order valence-electron chi connectivity index (χ3n) is 3.91. The lowest BCUT2D eigenvalue weighted by Crippen LogP contribution is -2.36. The van der Waals surface area contributed by atoms with E-state index in [0.717, 1.165) is 22.7 Å². The molecule has 7 heteroatoms. The highest BCUT2D eigenvalue weighted by Crippen LogP contribution is 2.21. The lowest BCUT2D eigenvalue weighted by molar-refractivity contribution is 0.236. The molecule has 24 heavy (non-hydrogen) atoms. The SMILES string of the molecule is Cc1nn(C(C)(C)C)cc1[C@H](C)NC(=O)NCc1nc(C)c(C)o1. The molecule has 0 unspecified atom stereocenters. The average Bonchev–Trinajstić information content (AvgIpc) is 3.00. The van der Waals surface area contributed by atoms with Crippen molar-refractivity contribution in [2.24, 2.45) is 0 Å². The van der Waals surface area contributed by atoms with Crippen LogP contribution in [0, 0.1) is 20.8 Å². The molecule has 1 atom stereocenters. The predicted molar refractivity (Wildman–Crippen MR) is 91.7 cm³/mol. The van der Waals surface area contributed by atoms with E-state index in [1.165, 1.54) is 0 Å². The van der Waals surface area contributed by atoms with Crippen LogP contribution in [0.3, 0.4) is 0 Å². The summed E-state index contributed by atoms with van der Waals surface area (Å²) in [6.07, 6.45) is 1.99. The van der Waals surface area contributed by atoms with Crippen LogP contribution in [0.25, 0.3) is 0 Å². The van der Waals surface area contributed by atoms with E-state index in [2.05, 4.69) is 41.5 Å². The molecule has 7 nitrogen and oxygen atoms in total. The van der Waals surface area contributed by atoms with Crippen LogP contribution >= 0.6 is 0 Å². The standard InChI is InChI=1S/C17H27N5O2/c1-10-13(4)24-15(19-10)8-18-16(23)20-11(2)14-9-22(17(5,6)7)21-12(14)3/h9,11H,8H2,1-7H3,(H2,18,20,23)/t11-/m0/s1. The average molecular weight is 333 g/mol. The van der Waals surface area contributed by atoms with Gasteiger partial charge in [0.1, 0.15) is 5.76 Å². The molecule has 0 saturated carbocycles. The minimum Gasteiger partial charge on any atom is -0.444 e. The lowest BCUT2D eigenvalue weighted by atomic mass is 10.1. The number of nitrogens with one attached hydrogen (secondary N) is 2. The van der Waals surface area contributed by atoms with Gasteiger partial charge in [0.25, 0.3) is 0 Å². The molecule has 2 heterocycles. The summed E-state index contributed by atoms with van der Waals surface area (Å²) in [5, 5.41) is 10.2. The Morgan fingerprint density at radius 3 is 2.46 bits per heavy atom. The van der Waals surface area contributed by atoms with Crippen molar-refractivity contribution in [3.63, 3.8) is 0 Å². The number of urea groups is 1. The first-order chi connectivity index (χ1) is 11.1. The van der Waals surface area contributed by atoms with Crippen LogP contribution in [0.2, 0.25) is 0 Å². The number of carbonyl (C=O) groups excluding carboxylic acids is 1. The fraction of sp³-hybridized carbons (Fsp3) is 0.588. The first-order valence-electron chi connectivity index (χ1n) is 8.12. The number of hydrogen-bond acceptors (Lipinski definition) is 4. The first kappa shape index (κ1) is 18.0. The van der Waals surface area contributed by atoms with Crippen LogP contribution in [0.5, 0.6) is 0 Å². The van der Waals surface area contributed by atoms with Gasteiger partial charge in [-0.3, -0.25) is 4.68 Å². The second kappa shape index (κ2) is 6.67. The molecule has 0 radical (unpaired) electrons. The van der Waals surface area contributed by atoms with E-state index in [-0.39, 0.29) is 24.2 Å². The fourth-order valence-electron chi connectivity index (χ4n) is 2.34. The number of aryl methyl sites for hydroxylation is 3. The molecule has 0 saturated heterocycles. The smallest absolute Gasteiger partial charge is 0.315 e. The van der Waals surface area contributed by atoms with Crippen molar-refractivity contribution >= 4 is 6.03 Å². The quantitative estimate of drug-likeness (QED) is 0.900. The van der Waals surface area contributed by atoms with Gasteiger partial charge in [-0.1, -0.05) is 0 Å². The number of rotatable bonds is 4. The van der Waals surface area contributed by atoms with Crippen molar-refractivity contribution in [2.45, 2.75) is 66.6 Å². The van der Waals surface area contributed by atoms with Gasteiger partial charge in [0.15, 0.2) is 0 Å². The van der Waals surface area contributed by atoms with Crippen LogP contribution < -0.4 is 10.6 Å². The maximum atomic E-state index is 12.1. The van der Waals surface area contributed by atoms with E-state index < -0.39 is 0 Å². The Hall–Kier alpha value is -2.31. The summed E-state index contributed by atoms with van der Waals surface area (Å²) in [4.78, 5) is 16.3. The predicted octanol–water partition coefficient (Wildman–Crippen LogP) is 3.11. The monoisotopic (exact) mass is 333 g/mol. The Bertz CT molecular complexity index is 704. The number of nitrogens with zero attached hydrogens (tertiary/aromatic N) is 3. The van der Waals surface area contributed by atoms with Gasteiger partial charge in [-0.2, -0.15) is 5.10 Å². The van der Waals surface area contributed by atoms with Gasteiger partial charge in [0.2, 0.25) is 5.89 Å². The maximum Gasteiger partial charge on any atom is 0.315 e. The molecule has 0 aliphatic heterocycles. The van der Waals surface area contributed by atoms with Crippen molar-refractivity contribution in [1.29, 1.82) is 0 Å². The summed E-state index contributed by atoms with van der Waals surface area (Å²) in [5.74, 6) is 1.27. The second-order valence-electron chi connectivity index (χ2n) is 7.08. The highest BCUT2D eigenvalue weighted by atomic mass is 16.4. The molecule has 0 spiro atoms. The third kappa shape index (κ3) is 4.15. The van der Waals surface area contributed by atoms with E-state index in [0.29, 0.717) is 5.89 Å². The Kier molecular flexibility index (Phi) is 5.01. The molecule has 2 rings (SSSR count). The molecule has 2 N–H and O–H groups in total. The molecular formula is C17H27N5O2. The number of oxazole rings is 1. The van der Waals surface area contributed by atoms with Crippen LogP contribution in [-0.2, 0) is 12.1 Å². The molecule has 2 aromatic heterocycles. The normalized spacial score (nSPS) is 13.0. The Balaban J connectivity index is 1.95. The number of hydrogen-bond donors (Lipinski definition) is 2. The minimum absolute atomic E-state index is 0.0916. The Labute approximate surface area is 142 Å². The number of amides is 2. The number of carbonyl (C=O) groups is 1. The van der Waals surface area contributed by atoms with Crippen LogP contribution in [0.1, 0.15) is 62.3 Å². The molecule has 0 fully saturated rings. The van der Waals surface area contributed by atoms with Gasteiger partial charge < -0.3 is 15.1 Å². The van der Waals surface area contributed by atoms with Crippen molar-refractivity contribution in [3.8, 4) is 0 Å². The summed E-state index contributed by atoms with van der Waals surface area (Å²) in [6, 6.07) is -0.409. The first-order valence-corrected chi connectivity index (χ1v) is 8.12. The van der Waals surface area contributed by atoms with Gasteiger partial charge >= 0.3 is 6.03 Å². The van der Waals surface area contributed by atoms with Crippen LogP contribution in [-0.4, -0.2) is 20.8 Å². The summed E-state index contributed by atoms with van der Waals surface area (Å²) < 4.78 is 7.37. The maximum absolute atomic E-state index is 12.1. The molecule has 2 aromatic rings. The Morgan fingerprint density at radius 1 is 1.29 bits per heavy atom. The third-order valence-corrected chi connectivity index (χ3v) is 3.91. The van der Waals surface area contributed by atoms with Crippen molar-refractivity contribution in [1.82, 2.24) is 25.4 Å². The molecule has 0 aliphatic rings. The molecule has 2 amide bonds. The fourth-order valence-corrected chi connectivity index (χ4v) is 2.34. The van der Waals surface area contributed by atoms with Crippen molar-refractivity contribution in [3.05, 3.63) is 34.8 Å². The summed E-state index contributed by atoms with van der Waals surface area (Å²) >= 11 is 0. The van der Waals surface area contributed by atoms with Gasteiger partial charge in [0, 0.05) is 11.8 Å². The molecule has 132 valence electrons. The van der Waals surface area contributed by atoms with Gasteiger partial charge in [0.05, 0.1) is 29.5 Å². The largest absolute Gasteiger partial charge is 0.444 e. The van der Waals surface area contributed by atoms with Crippen molar-refractivity contribution < 1.29 is 9.21 Å². The molecular weight excluding hydrogens is 306 g/mol. The van der Waals surface area contributed by atoms with Crippen molar-refractivity contribution in [2.75, 3.05) is 0 Å². The summed E-state index contributed by atoms with van der Waals surface area (Å²) in [5.41, 5.74) is 2.66. The zero-order valence-corrected chi connectivity index (χ0v) is 15.5. The summed E-state index contributed by atoms with van der Waals surface area (Å²) in [6.45, 7) is 14.1. The topological polar surface area (TPSA) is 85.0 Å². The highest BCUT2D eigenvalue weighted by Gasteiger charge is 2.20. The zero-order chi connectivity index (χ0) is 18.1. The van der Waals surface area contributed by atoms with E-state index in [1.54, 1.807) is 0 Å². The van der Waals surface area contributed by atoms with Crippen LogP contribution in [0.15, 0.2) is 10.6 Å². The zero-order valence-electron chi connectivity index (χ0n) is 15.5. The highest BCUT2D eigenvalue weighted by molar-refractivity contribution is 5.74. The van der Waals surface area contributed by atoms with Gasteiger partial charge in [-0.25, -0.2) is 9.78 Å². The van der Waals surface area contributed by atoms with Gasteiger partial charge in [-0.05, 0) is 48.5 Å². The van der Waals surface area contributed by atoms with Crippen LogP contribution in [0.4, 0.5) is 4.79 Å². The lowest BCUT2D eigenvalue weighted by Gasteiger charge is -2.19. The summed E-state index contributed by atoms with van der Waals surface area (Å²) in [7, 11) is 0. The van der Waals surface area contributed by atoms with E-state index in [9.17, 15) is 4.79 Å². The van der Waals surface area contributed by atoms with E-state index in [1.807, 2.05) is 38.6 Å². The van der Waals surface area contributed by atoms with E-state index in [4.69, 9.17) is 4.42 Å². The molecule has 0 bridgehead atoms.